The van der Waals surface area contributed by atoms with Gasteiger partial charge in [0.25, 0.3) is 0 Å². The monoisotopic (exact) mass is 599 g/mol. The molecule has 0 amide bonds. The molecule has 0 fully saturated rings. The molecule has 5 aromatic rings. The lowest BCUT2D eigenvalue weighted by Crippen LogP contribution is -2.15. The van der Waals surface area contributed by atoms with E-state index in [1.165, 1.54) is 16.7 Å². The Balaban J connectivity index is 1.46. The predicted molar refractivity (Wildman–Crippen MR) is 166 cm³/mol. The number of halogens is 1. The van der Waals surface area contributed by atoms with Gasteiger partial charge in [-0.2, -0.15) is 5.10 Å². The first kappa shape index (κ1) is 25.6. The second-order valence-electron chi connectivity index (χ2n) is 9.88. The van der Waals surface area contributed by atoms with Crippen LogP contribution in [0.1, 0.15) is 35.5 Å². The number of anilines is 2. The molecule has 3 aromatic carbocycles. The number of aromatic nitrogens is 3. The molecule has 2 aromatic heterocycles. The van der Waals surface area contributed by atoms with Gasteiger partial charge < -0.3 is 19.9 Å². The van der Waals surface area contributed by atoms with E-state index in [4.69, 9.17) is 22.1 Å². The van der Waals surface area contributed by atoms with Gasteiger partial charge in [-0.15, -0.1) is 0 Å². The minimum absolute atomic E-state index is 0.610. The average molecular weight is 601 g/mol. The van der Waals surface area contributed by atoms with Crippen LogP contribution in [-0.4, -0.2) is 26.3 Å². The number of rotatable bonds is 7. The summed E-state index contributed by atoms with van der Waals surface area (Å²) in [6.07, 6.45) is 3.21. The minimum atomic E-state index is 0.610. The SMILES string of the molecule is COc1ccc(NCc2nn3c(C(=S)Nc4cccc(C)c4)c(-c4ccc(Br)cc4)c4c3n2CCCC4)cc1. The number of thiocarbonyl (C=S) groups is 1. The Morgan fingerprint density at radius 3 is 2.56 bits per heavy atom. The van der Waals surface area contributed by atoms with Crippen LogP contribution in [0.5, 0.6) is 5.75 Å². The molecular formula is C31H30BrN5OS. The van der Waals surface area contributed by atoms with Crippen molar-refractivity contribution in [2.45, 2.75) is 39.3 Å². The third-order valence-electron chi connectivity index (χ3n) is 7.23. The van der Waals surface area contributed by atoms with Gasteiger partial charge in [0.05, 0.1) is 13.7 Å². The molecule has 0 bridgehead atoms. The van der Waals surface area contributed by atoms with E-state index < -0.39 is 0 Å². The summed E-state index contributed by atoms with van der Waals surface area (Å²) >= 11 is 9.70. The van der Waals surface area contributed by atoms with Crippen molar-refractivity contribution in [2.24, 2.45) is 0 Å². The van der Waals surface area contributed by atoms with Crippen molar-refractivity contribution in [2.75, 3.05) is 17.7 Å². The molecule has 6 rings (SSSR count). The second kappa shape index (κ2) is 10.9. The Hall–Kier alpha value is -3.62. The van der Waals surface area contributed by atoms with Gasteiger partial charge in [0.1, 0.15) is 22.1 Å². The smallest absolute Gasteiger partial charge is 0.150 e. The van der Waals surface area contributed by atoms with Crippen LogP contribution in [0, 0.1) is 6.92 Å². The normalized spacial score (nSPS) is 12.8. The summed E-state index contributed by atoms with van der Waals surface area (Å²) in [4.78, 5) is 0.666. The van der Waals surface area contributed by atoms with E-state index in [2.05, 4.69) is 85.0 Å². The first-order chi connectivity index (χ1) is 19.0. The standard InChI is InChI=1S/C31H30BrN5OS/c1-20-6-5-7-24(18-20)34-30(39)29-28(21-9-11-22(32)12-10-21)26-8-3-4-17-36-27(35-37(29)31(26)36)19-33-23-13-15-25(38-2)16-14-23/h5-7,9-16,18,33H,3-4,8,17,19H2,1-2H3,(H,34,39). The zero-order valence-electron chi connectivity index (χ0n) is 22.0. The summed E-state index contributed by atoms with van der Waals surface area (Å²) in [6.45, 7) is 3.63. The van der Waals surface area contributed by atoms with Gasteiger partial charge >= 0.3 is 0 Å². The Morgan fingerprint density at radius 1 is 1.03 bits per heavy atom. The molecule has 8 heteroatoms. The average Bonchev–Trinajstić information content (AvgIpc) is 3.34. The number of nitrogens with zero attached hydrogens (tertiary/aromatic N) is 3. The van der Waals surface area contributed by atoms with Crippen LogP contribution < -0.4 is 15.4 Å². The molecule has 6 nitrogen and oxygen atoms in total. The fraction of sp³-hybridized carbons (Fsp3) is 0.226. The fourth-order valence-electron chi connectivity index (χ4n) is 5.38. The molecule has 0 spiro atoms. The van der Waals surface area contributed by atoms with Gasteiger partial charge in [-0.1, -0.05) is 52.4 Å². The molecule has 0 unspecified atom stereocenters. The van der Waals surface area contributed by atoms with Crippen molar-refractivity contribution < 1.29 is 4.74 Å². The highest BCUT2D eigenvalue weighted by Gasteiger charge is 2.29. The first-order valence-corrected chi connectivity index (χ1v) is 14.4. The van der Waals surface area contributed by atoms with Crippen molar-refractivity contribution in [3.05, 3.63) is 99.9 Å². The van der Waals surface area contributed by atoms with Gasteiger partial charge in [-0.3, -0.25) is 0 Å². The molecule has 39 heavy (non-hydrogen) atoms. The molecule has 0 aliphatic carbocycles. The Labute approximate surface area is 242 Å². The van der Waals surface area contributed by atoms with Crippen molar-refractivity contribution in [1.82, 2.24) is 14.2 Å². The molecular weight excluding hydrogens is 570 g/mol. The van der Waals surface area contributed by atoms with Crippen molar-refractivity contribution in [3.8, 4) is 16.9 Å². The highest BCUT2D eigenvalue weighted by molar-refractivity contribution is 9.10. The molecule has 0 atom stereocenters. The summed E-state index contributed by atoms with van der Waals surface area (Å²) in [6, 6.07) is 24.8. The maximum absolute atomic E-state index is 6.10. The number of aryl methyl sites for hydroxylation is 3. The van der Waals surface area contributed by atoms with Gasteiger partial charge in [-0.05, 0) is 85.8 Å². The topological polar surface area (TPSA) is 55.5 Å². The molecule has 0 saturated carbocycles. The van der Waals surface area contributed by atoms with Gasteiger partial charge in [0, 0.05) is 33.5 Å². The van der Waals surface area contributed by atoms with Crippen LogP contribution in [-0.2, 0) is 19.5 Å². The molecule has 0 saturated heterocycles. The highest BCUT2D eigenvalue weighted by atomic mass is 79.9. The van der Waals surface area contributed by atoms with Crippen LogP contribution in [0.15, 0.2) is 77.3 Å². The van der Waals surface area contributed by atoms with Gasteiger partial charge in [0.2, 0.25) is 0 Å². The van der Waals surface area contributed by atoms with Crippen molar-refractivity contribution in [3.63, 3.8) is 0 Å². The summed E-state index contributed by atoms with van der Waals surface area (Å²) < 4.78 is 10.8. The molecule has 1 aliphatic rings. The maximum Gasteiger partial charge on any atom is 0.150 e. The van der Waals surface area contributed by atoms with E-state index in [9.17, 15) is 0 Å². The number of hydrogen-bond acceptors (Lipinski definition) is 4. The number of nitrogens with one attached hydrogen (secondary N) is 2. The Morgan fingerprint density at radius 2 is 1.82 bits per heavy atom. The lowest BCUT2D eigenvalue weighted by atomic mass is 9.98. The van der Waals surface area contributed by atoms with E-state index in [1.54, 1.807) is 7.11 Å². The van der Waals surface area contributed by atoms with E-state index >= 15 is 0 Å². The van der Waals surface area contributed by atoms with E-state index in [1.807, 2.05) is 30.3 Å². The summed E-state index contributed by atoms with van der Waals surface area (Å²) in [5, 5.41) is 12.2. The second-order valence-corrected chi connectivity index (χ2v) is 11.2. The number of methoxy groups -OCH3 is 1. The van der Waals surface area contributed by atoms with Crippen LogP contribution >= 0.6 is 28.1 Å². The van der Waals surface area contributed by atoms with Gasteiger partial charge in [0.15, 0.2) is 5.82 Å². The number of hydrogen-bond donors (Lipinski definition) is 2. The molecule has 1 aliphatic heterocycles. The largest absolute Gasteiger partial charge is 0.497 e. The van der Waals surface area contributed by atoms with E-state index in [-0.39, 0.29) is 0 Å². The van der Waals surface area contributed by atoms with E-state index in [0.717, 1.165) is 70.1 Å². The number of benzene rings is 3. The maximum atomic E-state index is 6.10. The van der Waals surface area contributed by atoms with Crippen LogP contribution in [0.25, 0.3) is 16.8 Å². The summed E-state index contributed by atoms with van der Waals surface area (Å²) in [5.74, 6) is 1.83. The first-order valence-electron chi connectivity index (χ1n) is 13.2. The van der Waals surface area contributed by atoms with Crippen molar-refractivity contribution >= 4 is 50.2 Å². The Bertz CT molecular complexity index is 1650. The third-order valence-corrected chi connectivity index (χ3v) is 8.05. The van der Waals surface area contributed by atoms with Gasteiger partial charge in [-0.25, -0.2) is 4.52 Å². The van der Waals surface area contributed by atoms with Crippen LogP contribution in [0.4, 0.5) is 11.4 Å². The predicted octanol–water partition coefficient (Wildman–Crippen LogP) is 7.62. The van der Waals surface area contributed by atoms with Crippen LogP contribution in [0.2, 0.25) is 0 Å². The quantitative estimate of drug-likeness (QED) is 0.188. The van der Waals surface area contributed by atoms with Crippen molar-refractivity contribution in [1.29, 1.82) is 0 Å². The summed E-state index contributed by atoms with van der Waals surface area (Å²) in [5.41, 5.74) is 8.88. The lowest BCUT2D eigenvalue weighted by Gasteiger charge is -2.12. The minimum Gasteiger partial charge on any atom is -0.497 e. The lowest BCUT2D eigenvalue weighted by molar-refractivity contribution is 0.415. The third kappa shape index (κ3) is 5.06. The fourth-order valence-corrected chi connectivity index (χ4v) is 5.95. The van der Waals surface area contributed by atoms with Crippen LogP contribution in [0.3, 0.4) is 0 Å². The molecule has 3 heterocycles. The Kier molecular flexibility index (Phi) is 7.14. The zero-order valence-corrected chi connectivity index (χ0v) is 24.4. The molecule has 198 valence electrons. The van der Waals surface area contributed by atoms with E-state index in [0.29, 0.717) is 11.5 Å². The molecule has 0 radical (unpaired) electrons. The molecule has 2 N–H and O–H groups in total. The number of ether oxygens (including phenoxy) is 1. The zero-order chi connectivity index (χ0) is 26.9. The summed E-state index contributed by atoms with van der Waals surface area (Å²) in [7, 11) is 1.68. The highest BCUT2D eigenvalue weighted by Crippen LogP contribution is 2.38.